The quantitative estimate of drug-likeness (QED) is 0.794. The molecule has 1 atom stereocenters. The van der Waals surface area contributed by atoms with E-state index in [4.69, 9.17) is 9.84 Å². The number of benzene rings is 1. The number of hydrogen-bond acceptors (Lipinski definition) is 3. The second kappa shape index (κ2) is 4.91. The van der Waals surface area contributed by atoms with Gasteiger partial charge in [-0.3, -0.25) is 4.79 Å². The lowest BCUT2D eigenvalue weighted by Crippen LogP contribution is -2.74. The molecule has 1 aromatic carbocycles. The molecular weight excluding hydrogens is 246 g/mol. The fourth-order valence-corrected chi connectivity index (χ4v) is 2.39. The summed E-state index contributed by atoms with van der Waals surface area (Å²) in [6.45, 7) is 3.95. The van der Waals surface area contributed by atoms with Gasteiger partial charge in [-0.2, -0.15) is 0 Å². The smallest absolute Gasteiger partial charge is 0.339 e. The molecule has 2 N–H and O–H groups in total. The highest BCUT2D eigenvalue weighted by Gasteiger charge is 2.53. The van der Waals surface area contributed by atoms with Gasteiger partial charge in [0.25, 0.3) is 5.91 Å². The second-order valence-electron chi connectivity index (χ2n) is 4.65. The summed E-state index contributed by atoms with van der Waals surface area (Å²) in [6.07, 6.45) is 0.868. The van der Waals surface area contributed by atoms with E-state index >= 15 is 0 Å². The molecule has 1 aliphatic heterocycles. The van der Waals surface area contributed by atoms with E-state index in [2.05, 4.69) is 5.32 Å². The van der Waals surface area contributed by atoms with E-state index in [0.29, 0.717) is 0 Å². The molecular formula is C14H17NO4. The summed E-state index contributed by atoms with van der Waals surface area (Å²) in [5, 5.41) is 12.0. The zero-order valence-corrected chi connectivity index (χ0v) is 11.0. The fourth-order valence-electron chi connectivity index (χ4n) is 2.39. The number of rotatable bonds is 5. The standard InChI is InChI=1S/C14H17NO4/c1-3-14(4-2)11(12(16)15-14)19-10-8-6-5-7-9(10)13(17)18/h5-8,11H,3-4H2,1-2H3,(H,15,16)(H,17,18). The first-order chi connectivity index (χ1) is 9.04. The van der Waals surface area contributed by atoms with Crippen molar-refractivity contribution in [2.75, 3.05) is 0 Å². The third-order valence-corrected chi connectivity index (χ3v) is 3.74. The number of carbonyl (C=O) groups is 2. The number of aromatic carboxylic acids is 1. The van der Waals surface area contributed by atoms with Crippen molar-refractivity contribution >= 4 is 11.9 Å². The van der Waals surface area contributed by atoms with Crippen LogP contribution in [-0.4, -0.2) is 28.6 Å². The van der Waals surface area contributed by atoms with Gasteiger partial charge in [0.2, 0.25) is 0 Å². The van der Waals surface area contributed by atoms with Crippen molar-refractivity contribution < 1.29 is 19.4 Å². The number of carbonyl (C=O) groups excluding carboxylic acids is 1. The molecule has 1 aliphatic rings. The molecule has 1 fully saturated rings. The van der Waals surface area contributed by atoms with E-state index in [9.17, 15) is 9.59 Å². The number of ether oxygens (including phenoxy) is 1. The minimum absolute atomic E-state index is 0.0725. The Kier molecular flexibility index (Phi) is 3.46. The van der Waals surface area contributed by atoms with E-state index in [0.717, 1.165) is 12.8 Å². The molecule has 1 aromatic rings. The normalized spacial score (nSPS) is 20.3. The summed E-state index contributed by atoms with van der Waals surface area (Å²) >= 11 is 0. The third kappa shape index (κ3) is 2.16. The molecule has 0 radical (unpaired) electrons. The number of amides is 1. The molecule has 5 nitrogen and oxygen atoms in total. The molecule has 0 spiro atoms. The zero-order valence-electron chi connectivity index (χ0n) is 11.0. The minimum atomic E-state index is -1.06. The molecule has 1 unspecified atom stereocenters. The molecule has 5 heteroatoms. The highest BCUT2D eigenvalue weighted by Crippen LogP contribution is 2.33. The Hall–Kier alpha value is -2.04. The minimum Gasteiger partial charge on any atom is -0.478 e. The fraction of sp³-hybridized carbons (Fsp3) is 0.429. The Labute approximate surface area is 111 Å². The molecule has 0 aromatic heterocycles. The van der Waals surface area contributed by atoms with Crippen LogP contribution in [0.15, 0.2) is 24.3 Å². The molecule has 1 heterocycles. The maximum absolute atomic E-state index is 11.7. The number of β-lactam (4-membered cyclic amide) rings is 1. The van der Waals surface area contributed by atoms with Crippen LogP contribution in [0.4, 0.5) is 0 Å². The van der Waals surface area contributed by atoms with E-state index < -0.39 is 12.1 Å². The van der Waals surface area contributed by atoms with Gasteiger partial charge in [0, 0.05) is 0 Å². The number of carboxylic acid groups (broad SMARTS) is 1. The first-order valence-electron chi connectivity index (χ1n) is 6.35. The van der Waals surface area contributed by atoms with Crippen LogP contribution in [0.3, 0.4) is 0 Å². The second-order valence-corrected chi connectivity index (χ2v) is 4.65. The number of nitrogens with one attached hydrogen (secondary N) is 1. The first kappa shape index (κ1) is 13.4. The summed E-state index contributed by atoms with van der Waals surface area (Å²) in [7, 11) is 0. The van der Waals surface area contributed by atoms with Gasteiger partial charge in [-0.25, -0.2) is 4.79 Å². The van der Waals surface area contributed by atoms with Crippen LogP contribution in [0.5, 0.6) is 5.75 Å². The summed E-state index contributed by atoms with van der Waals surface area (Å²) in [6, 6.07) is 6.36. The van der Waals surface area contributed by atoms with Gasteiger partial charge in [0.1, 0.15) is 11.3 Å². The van der Waals surface area contributed by atoms with Crippen LogP contribution in [-0.2, 0) is 4.79 Å². The number of para-hydroxylation sites is 1. The van der Waals surface area contributed by atoms with Gasteiger partial charge in [0.15, 0.2) is 6.10 Å². The number of hydrogen-bond donors (Lipinski definition) is 2. The third-order valence-electron chi connectivity index (χ3n) is 3.74. The Morgan fingerprint density at radius 1 is 1.37 bits per heavy atom. The largest absolute Gasteiger partial charge is 0.478 e. The van der Waals surface area contributed by atoms with Crippen LogP contribution in [0.2, 0.25) is 0 Å². The Morgan fingerprint density at radius 3 is 2.53 bits per heavy atom. The van der Waals surface area contributed by atoms with Gasteiger partial charge in [0.05, 0.1) is 5.54 Å². The average Bonchev–Trinajstić information content (AvgIpc) is 2.42. The van der Waals surface area contributed by atoms with Gasteiger partial charge < -0.3 is 15.2 Å². The molecule has 102 valence electrons. The van der Waals surface area contributed by atoms with Crippen LogP contribution in [0, 0.1) is 0 Å². The van der Waals surface area contributed by atoms with Gasteiger partial charge in [-0.05, 0) is 25.0 Å². The summed E-state index contributed by atoms with van der Waals surface area (Å²) in [5.74, 6) is -1.01. The van der Waals surface area contributed by atoms with E-state index in [1.54, 1.807) is 18.2 Å². The predicted octanol–water partition coefficient (Wildman–Crippen LogP) is 1.82. The van der Waals surface area contributed by atoms with Gasteiger partial charge in [-0.1, -0.05) is 26.0 Å². The molecule has 1 saturated heterocycles. The van der Waals surface area contributed by atoms with Crippen LogP contribution in [0.1, 0.15) is 37.0 Å². The van der Waals surface area contributed by atoms with E-state index in [1.165, 1.54) is 6.07 Å². The summed E-state index contributed by atoms with van der Waals surface area (Å²) in [5.41, 5.74) is -0.314. The maximum atomic E-state index is 11.7. The van der Waals surface area contributed by atoms with Crippen molar-refractivity contribution in [1.29, 1.82) is 0 Å². The highest BCUT2D eigenvalue weighted by atomic mass is 16.5. The van der Waals surface area contributed by atoms with E-state index in [-0.39, 0.29) is 22.8 Å². The molecule has 0 saturated carbocycles. The van der Waals surface area contributed by atoms with Crippen molar-refractivity contribution in [3.05, 3.63) is 29.8 Å². The Bertz CT molecular complexity index is 508. The van der Waals surface area contributed by atoms with Crippen LogP contribution < -0.4 is 10.1 Å². The lowest BCUT2D eigenvalue weighted by molar-refractivity contribution is -0.149. The maximum Gasteiger partial charge on any atom is 0.339 e. The van der Waals surface area contributed by atoms with Gasteiger partial charge in [-0.15, -0.1) is 0 Å². The van der Waals surface area contributed by atoms with Crippen molar-refractivity contribution in [2.45, 2.75) is 38.3 Å². The number of carboxylic acids is 1. The SMILES string of the molecule is CCC1(CC)NC(=O)C1Oc1ccccc1C(=O)O. The van der Waals surface area contributed by atoms with Crippen molar-refractivity contribution in [3.8, 4) is 5.75 Å². The van der Waals surface area contributed by atoms with Gasteiger partial charge >= 0.3 is 5.97 Å². The zero-order chi connectivity index (χ0) is 14.0. The summed E-state index contributed by atoms with van der Waals surface area (Å²) < 4.78 is 5.66. The summed E-state index contributed by atoms with van der Waals surface area (Å²) in [4.78, 5) is 22.8. The van der Waals surface area contributed by atoms with E-state index in [1.807, 2.05) is 13.8 Å². The molecule has 0 aliphatic carbocycles. The van der Waals surface area contributed by atoms with Crippen molar-refractivity contribution in [2.24, 2.45) is 0 Å². The molecule has 1 amide bonds. The topological polar surface area (TPSA) is 75.6 Å². The predicted molar refractivity (Wildman–Crippen MR) is 69.3 cm³/mol. The first-order valence-corrected chi connectivity index (χ1v) is 6.35. The van der Waals surface area contributed by atoms with Crippen molar-refractivity contribution in [1.82, 2.24) is 5.32 Å². The Balaban J connectivity index is 2.26. The average molecular weight is 263 g/mol. The molecule has 2 rings (SSSR count). The lowest BCUT2D eigenvalue weighted by atomic mass is 9.79. The Morgan fingerprint density at radius 2 is 2.00 bits per heavy atom. The molecule has 0 bridgehead atoms. The highest BCUT2D eigenvalue weighted by molar-refractivity contribution is 5.93. The van der Waals surface area contributed by atoms with Crippen LogP contribution in [0.25, 0.3) is 0 Å². The molecule has 19 heavy (non-hydrogen) atoms. The lowest BCUT2D eigenvalue weighted by Gasteiger charge is -2.47. The van der Waals surface area contributed by atoms with Crippen LogP contribution >= 0.6 is 0 Å². The monoisotopic (exact) mass is 263 g/mol. The van der Waals surface area contributed by atoms with Crippen molar-refractivity contribution in [3.63, 3.8) is 0 Å².